The van der Waals surface area contributed by atoms with Gasteiger partial charge in [0, 0.05) is 60.2 Å². The monoisotopic (exact) mass is 822 g/mol. The Bertz CT molecular complexity index is 1560. The Kier molecular flexibility index (Phi) is 8.45. The van der Waals surface area contributed by atoms with Crippen molar-refractivity contribution < 1.29 is 39.2 Å². The first-order valence-corrected chi connectivity index (χ1v) is 19.5. The standard InChI is InChI=1S/2C18H22BrNO5/c2*1-16-5-3-12-11-9-13(19)14(21)8-10(11)2-6-17(12,20(24)25)18(16,23)7-4-15(16)22/h2*9-12,23H,2-8H2,1H3/t2*10-,11-,12+,16+,17-,18+/m00/s1. The fraction of sp³-hybridized carbons (Fsp3) is 0.778. The maximum Gasteiger partial charge on any atom is 0.254 e. The molecule has 6 saturated carbocycles. The van der Waals surface area contributed by atoms with E-state index in [1.54, 1.807) is 13.8 Å². The number of Topliss-reactive ketones (excluding diaryl/α,β-unsaturated/α-hetero) is 4. The van der Waals surface area contributed by atoms with Gasteiger partial charge in [0.05, 0.1) is 19.8 Å². The van der Waals surface area contributed by atoms with E-state index in [1.165, 1.54) is 0 Å². The molecular weight excluding hydrogens is 780 g/mol. The van der Waals surface area contributed by atoms with Crippen molar-refractivity contribution in [2.45, 2.75) is 126 Å². The molecule has 0 aliphatic heterocycles. The van der Waals surface area contributed by atoms with E-state index in [0.717, 1.165) is 0 Å². The predicted molar refractivity (Wildman–Crippen MR) is 185 cm³/mol. The third kappa shape index (κ3) is 4.33. The van der Waals surface area contributed by atoms with Crippen molar-refractivity contribution in [3.63, 3.8) is 0 Å². The van der Waals surface area contributed by atoms with E-state index in [4.69, 9.17) is 0 Å². The highest BCUT2D eigenvalue weighted by Crippen LogP contribution is 2.67. The lowest BCUT2D eigenvalue weighted by Crippen LogP contribution is -2.74. The molecular formula is C36H44Br2N2O10. The second-order valence-corrected chi connectivity index (χ2v) is 18.6. The van der Waals surface area contributed by atoms with E-state index in [2.05, 4.69) is 31.9 Å². The van der Waals surface area contributed by atoms with Crippen molar-refractivity contribution in [2.75, 3.05) is 0 Å². The summed E-state index contributed by atoms with van der Waals surface area (Å²) < 4.78 is 0.992. The fourth-order valence-electron chi connectivity index (χ4n) is 12.8. The molecule has 0 aromatic heterocycles. The third-order valence-corrected chi connectivity index (χ3v) is 17.0. The highest BCUT2D eigenvalue weighted by Gasteiger charge is 2.80. The molecule has 12 nitrogen and oxygen atoms in total. The lowest BCUT2D eigenvalue weighted by Gasteiger charge is -2.58. The first-order valence-electron chi connectivity index (χ1n) is 18.0. The van der Waals surface area contributed by atoms with E-state index in [9.17, 15) is 49.6 Å². The summed E-state index contributed by atoms with van der Waals surface area (Å²) in [6, 6.07) is 0. The van der Waals surface area contributed by atoms with Gasteiger partial charge in [0.2, 0.25) is 0 Å². The molecule has 8 aliphatic rings. The number of nitro groups is 2. The summed E-state index contributed by atoms with van der Waals surface area (Å²) in [5.41, 5.74) is -8.27. The molecule has 50 heavy (non-hydrogen) atoms. The van der Waals surface area contributed by atoms with Crippen molar-refractivity contribution >= 4 is 55.0 Å². The smallest absolute Gasteiger partial charge is 0.254 e. The van der Waals surface area contributed by atoms with Crippen LogP contribution in [0.3, 0.4) is 0 Å². The molecule has 14 heteroatoms. The molecule has 8 rings (SSSR count). The second-order valence-electron chi connectivity index (χ2n) is 16.9. The fourth-order valence-corrected chi connectivity index (χ4v) is 13.7. The molecule has 0 unspecified atom stereocenters. The van der Waals surface area contributed by atoms with Crippen LogP contribution in [0.5, 0.6) is 0 Å². The molecule has 8 aliphatic carbocycles. The summed E-state index contributed by atoms with van der Waals surface area (Å²) >= 11 is 6.60. The number of fused-ring (bicyclic) bond motifs is 10. The number of hydrogen-bond donors (Lipinski definition) is 2. The summed E-state index contributed by atoms with van der Waals surface area (Å²) in [6.45, 7) is 3.43. The Hall–Kier alpha value is -2.16. The van der Waals surface area contributed by atoms with E-state index in [1.807, 2.05) is 12.2 Å². The first-order chi connectivity index (χ1) is 23.3. The number of nitrogens with zero attached hydrogens (tertiary/aromatic N) is 2. The Morgan fingerprint density at radius 1 is 0.640 bits per heavy atom. The minimum absolute atomic E-state index is 0.0465. The summed E-state index contributed by atoms with van der Waals surface area (Å²) in [6.07, 6.45) is 8.82. The maximum absolute atomic E-state index is 12.5. The van der Waals surface area contributed by atoms with Crippen molar-refractivity contribution in [2.24, 2.45) is 46.3 Å². The number of carbonyl (C=O) groups excluding carboxylic acids is 4. The topological polar surface area (TPSA) is 195 Å². The predicted octanol–water partition coefficient (Wildman–Crippen LogP) is 5.58. The van der Waals surface area contributed by atoms with Crippen molar-refractivity contribution in [1.29, 1.82) is 0 Å². The van der Waals surface area contributed by atoms with Gasteiger partial charge in [-0.15, -0.1) is 0 Å². The lowest BCUT2D eigenvalue weighted by molar-refractivity contribution is -0.622. The van der Waals surface area contributed by atoms with Gasteiger partial charge in [0.1, 0.15) is 22.8 Å². The van der Waals surface area contributed by atoms with Crippen LogP contribution in [-0.2, 0) is 19.2 Å². The number of allylic oxidation sites excluding steroid dienone is 4. The zero-order valence-electron chi connectivity index (χ0n) is 28.3. The van der Waals surface area contributed by atoms with Gasteiger partial charge in [-0.1, -0.05) is 12.2 Å². The molecule has 0 bridgehead atoms. The zero-order chi connectivity index (χ0) is 36.4. The number of aliphatic hydroxyl groups is 2. The van der Waals surface area contributed by atoms with E-state index in [-0.39, 0.29) is 107 Å². The summed E-state index contributed by atoms with van der Waals surface area (Å²) in [4.78, 5) is 73.2. The average Bonchev–Trinajstić information content (AvgIpc) is 3.45. The van der Waals surface area contributed by atoms with Gasteiger partial charge in [0.25, 0.3) is 11.1 Å². The van der Waals surface area contributed by atoms with E-state index >= 15 is 0 Å². The van der Waals surface area contributed by atoms with Crippen LogP contribution in [-0.4, -0.2) is 65.5 Å². The minimum atomic E-state index is -1.60. The number of rotatable bonds is 2. The average molecular weight is 825 g/mol. The quantitative estimate of drug-likeness (QED) is 0.262. The van der Waals surface area contributed by atoms with Crippen LogP contribution in [0.2, 0.25) is 0 Å². The summed E-state index contributed by atoms with van der Waals surface area (Å²) in [5, 5.41) is 47.9. The normalized spacial score (nSPS) is 49.1. The largest absolute Gasteiger partial charge is 0.381 e. The summed E-state index contributed by atoms with van der Waals surface area (Å²) in [5.74, 6) is -0.702. The van der Waals surface area contributed by atoms with Crippen LogP contribution in [0.4, 0.5) is 0 Å². The van der Waals surface area contributed by atoms with Gasteiger partial charge in [-0.2, -0.15) is 0 Å². The molecule has 6 fully saturated rings. The number of carbonyl (C=O) groups is 4. The maximum atomic E-state index is 12.5. The molecule has 0 radical (unpaired) electrons. The van der Waals surface area contributed by atoms with Crippen molar-refractivity contribution in [3.8, 4) is 0 Å². The first kappa shape index (κ1) is 36.2. The molecule has 272 valence electrons. The molecule has 2 N–H and O–H groups in total. The minimum Gasteiger partial charge on any atom is -0.381 e. The van der Waals surface area contributed by atoms with Gasteiger partial charge in [-0.3, -0.25) is 39.4 Å². The van der Waals surface area contributed by atoms with Gasteiger partial charge < -0.3 is 10.2 Å². The number of ketones is 4. The highest BCUT2D eigenvalue weighted by atomic mass is 79.9. The Morgan fingerprint density at radius 2 is 1.00 bits per heavy atom. The number of hydrogen-bond acceptors (Lipinski definition) is 10. The van der Waals surface area contributed by atoms with Crippen molar-refractivity contribution in [3.05, 3.63) is 41.3 Å². The third-order valence-electron chi connectivity index (χ3n) is 15.6. The Labute approximate surface area is 306 Å². The second kappa shape index (κ2) is 11.7. The van der Waals surface area contributed by atoms with Gasteiger partial charge in [-0.25, -0.2) is 0 Å². The molecule has 0 aromatic carbocycles. The number of halogens is 2. The van der Waals surface area contributed by atoms with Gasteiger partial charge in [0.15, 0.2) is 11.6 Å². The van der Waals surface area contributed by atoms with Crippen LogP contribution in [0.25, 0.3) is 0 Å². The lowest BCUT2D eigenvalue weighted by atomic mass is 9.46. The Morgan fingerprint density at radius 3 is 1.34 bits per heavy atom. The van der Waals surface area contributed by atoms with E-state index < -0.39 is 33.1 Å². The molecule has 0 spiro atoms. The van der Waals surface area contributed by atoms with E-state index in [0.29, 0.717) is 60.3 Å². The van der Waals surface area contributed by atoms with Crippen LogP contribution in [0.15, 0.2) is 21.1 Å². The van der Waals surface area contributed by atoms with Crippen molar-refractivity contribution in [1.82, 2.24) is 0 Å². The molecule has 12 atom stereocenters. The van der Waals surface area contributed by atoms with Crippen LogP contribution in [0, 0.1) is 66.6 Å². The highest BCUT2D eigenvalue weighted by molar-refractivity contribution is 9.12. The van der Waals surface area contributed by atoms with Gasteiger partial charge >= 0.3 is 0 Å². The zero-order valence-corrected chi connectivity index (χ0v) is 31.5. The Balaban J connectivity index is 0.000000157. The molecule has 0 saturated heterocycles. The summed E-state index contributed by atoms with van der Waals surface area (Å²) in [7, 11) is 0. The molecule has 0 amide bonds. The van der Waals surface area contributed by atoms with Gasteiger partial charge in [-0.05, 0) is 121 Å². The molecule has 0 aromatic rings. The van der Waals surface area contributed by atoms with Crippen LogP contribution >= 0.6 is 31.9 Å². The van der Waals surface area contributed by atoms with Crippen LogP contribution < -0.4 is 0 Å². The molecule has 0 heterocycles. The van der Waals surface area contributed by atoms with Crippen LogP contribution in [0.1, 0.15) is 104 Å². The SMILES string of the molecule is C[C@]12CC[C@@H]3[C@H]4C=C(Br)C(=O)C[C@@H]4CC[C@@]3([N+](=O)[O-])[C@@]1(O)CCC2=O.C[C@]12CC[C@@H]3[C@H]4C=C(Br)C(=O)C[C@@H]4CC[C@@]3([N+](=O)[O-])[C@@]1(O)CCC2=O.